The van der Waals surface area contributed by atoms with Crippen molar-refractivity contribution < 1.29 is 0 Å². The van der Waals surface area contributed by atoms with E-state index in [0.29, 0.717) is 5.56 Å². The molecule has 0 aliphatic carbocycles. The fourth-order valence-electron chi connectivity index (χ4n) is 4.76. The van der Waals surface area contributed by atoms with E-state index in [1.165, 1.54) is 32.3 Å². The maximum absolute atomic E-state index is 9.79. The van der Waals surface area contributed by atoms with Crippen molar-refractivity contribution in [3.05, 3.63) is 102 Å². The minimum Gasteiger partial charge on any atom is -0.252 e. The number of benzene rings is 5. The van der Waals surface area contributed by atoms with E-state index in [4.69, 9.17) is 4.98 Å². The zero-order valence-corrected chi connectivity index (χ0v) is 17.1. The molecule has 0 spiro atoms. The zero-order valence-electron chi connectivity index (χ0n) is 17.1. The van der Waals surface area contributed by atoms with E-state index in [9.17, 15) is 5.26 Å². The molecular formula is C29H18N2. The molecule has 6 aromatic rings. The van der Waals surface area contributed by atoms with Crippen LogP contribution in [0.1, 0.15) is 11.3 Å². The Hall–Kier alpha value is -4.22. The first-order chi connectivity index (χ1) is 15.2. The number of aryl methyl sites for hydroxylation is 1. The Morgan fingerprint density at radius 1 is 0.677 bits per heavy atom. The first-order valence-electron chi connectivity index (χ1n) is 10.4. The van der Waals surface area contributed by atoms with Gasteiger partial charge in [0, 0.05) is 11.1 Å². The van der Waals surface area contributed by atoms with Crippen LogP contribution in [0.2, 0.25) is 0 Å². The van der Waals surface area contributed by atoms with Gasteiger partial charge in [-0.1, -0.05) is 84.9 Å². The van der Waals surface area contributed by atoms with Crippen molar-refractivity contribution >= 4 is 32.3 Å². The highest BCUT2D eigenvalue weighted by molar-refractivity contribution is 6.25. The second-order valence-electron chi connectivity index (χ2n) is 7.96. The van der Waals surface area contributed by atoms with E-state index in [0.717, 1.165) is 28.1 Å². The number of pyridine rings is 1. The van der Waals surface area contributed by atoms with Crippen LogP contribution >= 0.6 is 0 Å². The minimum absolute atomic E-state index is 0.632. The van der Waals surface area contributed by atoms with Gasteiger partial charge in [0.25, 0.3) is 0 Å². The average molecular weight is 394 g/mol. The first kappa shape index (κ1) is 17.6. The summed E-state index contributed by atoms with van der Waals surface area (Å²) in [6.45, 7) is 1.92. The number of hydrogen-bond donors (Lipinski definition) is 0. The van der Waals surface area contributed by atoms with Crippen LogP contribution < -0.4 is 0 Å². The van der Waals surface area contributed by atoms with Crippen molar-refractivity contribution in [1.29, 1.82) is 5.26 Å². The van der Waals surface area contributed by atoms with Gasteiger partial charge in [-0.2, -0.15) is 5.26 Å². The molecule has 2 heteroatoms. The van der Waals surface area contributed by atoms with Crippen LogP contribution in [0.5, 0.6) is 0 Å². The second kappa shape index (κ2) is 6.65. The molecule has 6 rings (SSSR count). The van der Waals surface area contributed by atoms with Crippen LogP contribution in [-0.2, 0) is 0 Å². The summed E-state index contributed by atoms with van der Waals surface area (Å²) >= 11 is 0. The monoisotopic (exact) mass is 394 g/mol. The summed E-state index contributed by atoms with van der Waals surface area (Å²) in [7, 11) is 0. The van der Waals surface area contributed by atoms with Gasteiger partial charge in [-0.3, -0.25) is 4.98 Å². The topological polar surface area (TPSA) is 36.7 Å². The second-order valence-corrected chi connectivity index (χ2v) is 7.96. The summed E-state index contributed by atoms with van der Waals surface area (Å²) in [5.74, 6) is 0. The minimum atomic E-state index is 0.632. The van der Waals surface area contributed by atoms with Crippen LogP contribution in [-0.4, -0.2) is 4.98 Å². The number of aromatic nitrogens is 1. The van der Waals surface area contributed by atoms with E-state index in [1.807, 2.05) is 37.3 Å². The number of hydrogen-bond acceptors (Lipinski definition) is 2. The summed E-state index contributed by atoms with van der Waals surface area (Å²) in [5.41, 5.74) is 5.33. The quantitative estimate of drug-likeness (QED) is 0.285. The Morgan fingerprint density at radius 2 is 1.35 bits per heavy atom. The van der Waals surface area contributed by atoms with Gasteiger partial charge in [0.2, 0.25) is 0 Å². The van der Waals surface area contributed by atoms with Crippen molar-refractivity contribution in [2.45, 2.75) is 6.92 Å². The summed E-state index contributed by atoms with van der Waals surface area (Å²) in [4.78, 5) is 4.86. The maximum atomic E-state index is 9.79. The molecule has 0 bridgehead atoms. The lowest BCUT2D eigenvalue weighted by atomic mass is 9.90. The van der Waals surface area contributed by atoms with Crippen molar-refractivity contribution in [3.8, 4) is 28.5 Å². The van der Waals surface area contributed by atoms with Gasteiger partial charge in [-0.25, -0.2) is 0 Å². The van der Waals surface area contributed by atoms with Gasteiger partial charge in [-0.05, 0) is 50.9 Å². The van der Waals surface area contributed by atoms with Crippen LogP contribution in [0.3, 0.4) is 0 Å². The fraction of sp³-hybridized carbons (Fsp3) is 0.0345. The summed E-state index contributed by atoms with van der Waals surface area (Å²) in [6.07, 6.45) is 0. The third-order valence-electron chi connectivity index (χ3n) is 6.20. The van der Waals surface area contributed by atoms with E-state index in [-0.39, 0.29) is 0 Å². The highest BCUT2D eigenvalue weighted by atomic mass is 14.7. The normalized spacial score (nSPS) is 11.4. The predicted octanol–water partition coefficient (Wildman–Crippen LogP) is 7.49. The molecule has 1 aromatic heterocycles. The maximum Gasteiger partial charge on any atom is 0.102 e. The third-order valence-corrected chi connectivity index (χ3v) is 6.20. The summed E-state index contributed by atoms with van der Waals surface area (Å²) in [6, 6.07) is 34.1. The van der Waals surface area contributed by atoms with Crippen molar-refractivity contribution in [2.24, 2.45) is 0 Å². The molecule has 31 heavy (non-hydrogen) atoms. The molecule has 5 aromatic carbocycles. The first-order valence-corrected chi connectivity index (χ1v) is 10.4. The molecule has 2 nitrogen and oxygen atoms in total. The van der Waals surface area contributed by atoms with Crippen molar-refractivity contribution in [1.82, 2.24) is 4.98 Å². The molecule has 1 heterocycles. The van der Waals surface area contributed by atoms with Crippen molar-refractivity contribution in [3.63, 3.8) is 0 Å². The molecule has 0 fully saturated rings. The van der Waals surface area contributed by atoms with E-state index >= 15 is 0 Å². The van der Waals surface area contributed by atoms with Gasteiger partial charge in [0.1, 0.15) is 6.07 Å². The molecule has 0 amide bonds. The lowest BCUT2D eigenvalue weighted by Crippen LogP contribution is -1.97. The molecular weight excluding hydrogens is 376 g/mol. The Morgan fingerprint density at radius 3 is 2.10 bits per heavy atom. The molecule has 0 aliphatic heterocycles. The zero-order chi connectivity index (χ0) is 20.9. The number of nitrogens with zero attached hydrogens (tertiary/aromatic N) is 2. The Labute approximate surface area is 180 Å². The van der Waals surface area contributed by atoms with Gasteiger partial charge < -0.3 is 0 Å². The van der Waals surface area contributed by atoms with Gasteiger partial charge in [0.05, 0.1) is 17.0 Å². The molecule has 0 saturated carbocycles. The molecule has 0 atom stereocenters. The summed E-state index contributed by atoms with van der Waals surface area (Å²) in [5, 5.41) is 17.3. The van der Waals surface area contributed by atoms with Crippen LogP contribution in [0.4, 0.5) is 0 Å². The lowest BCUT2D eigenvalue weighted by molar-refractivity contribution is 1.19. The Kier molecular flexibility index (Phi) is 3.78. The molecule has 0 N–H and O–H groups in total. The van der Waals surface area contributed by atoms with Crippen LogP contribution in [0.25, 0.3) is 54.7 Å². The van der Waals surface area contributed by atoms with Gasteiger partial charge in [0.15, 0.2) is 0 Å². The smallest absolute Gasteiger partial charge is 0.102 e. The van der Waals surface area contributed by atoms with E-state index in [2.05, 4.69) is 66.7 Å². The van der Waals surface area contributed by atoms with E-state index in [1.54, 1.807) is 0 Å². The number of rotatable bonds is 2. The van der Waals surface area contributed by atoms with Crippen LogP contribution in [0, 0.1) is 18.3 Å². The van der Waals surface area contributed by atoms with E-state index < -0.39 is 0 Å². The standard InChI is InChI=1S/C29H18N2/c1-18-26(17-30)25(19-6-3-2-4-7-19)16-27(31-18)23-14-12-22-11-10-20-8-5-9-21-13-15-24(23)29(22)28(20)21/h2-16H,1H3. The fourth-order valence-corrected chi connectivity index (χ4v) is 4.76. The Balaban J connectivity index is 1.69. The van der Waals surface area contributed by atoms with Crippen LogP contribution in [0.15, 0.2) is 91.0 Å². The summed E-state index contributed by atoms with van der Waals surface area (Å²) < 4.78 is 0. The molecule has 0 aliphatic rings. The average Bonchev–Trinajstić information content (AvgIpc) is 2.82. The molecule has 144 valence electrons. The SMILES string of the molecule is Cc1nc(-c2ccc3ccc4cccc5ccc2c3c45)cc(-c2ccccc2)c1C#N. The van der Waals surface area contributed by atoms with Crippen molar-refractivity contribution in [2.75, 3.05) is 0 Å². The largest absolute Gasteiger partial charge is 0.252 e. The number of nitriles is 1. The molecule has 0 saturated heterocycles. The highest BCUT2D eigenvalue weighted by Gasteiger charge is 2.16. The third kappa shape index (κ3) is 2.61. The Bertz CT molecular complexity index is 1620. The highest BCUT2D eigenvalue weighted by Crippen LogP contribution is 2.40. The van der Waals surface area contributed by atoms with Gasteiger partial charge in [-0.15, -0.1) is 0 Å². The molecule has 0 unspecified atom stereocenters. The lowest BCUT2D eigenvalue weighted by Gasteiger charge is -2.15. The van der Waals surface area contributed by atoms with Gasteiger partial charge >= 0.3 is 0 Å². The molecule has 0 radical (unpaired) electrons. The predicted molar refractivity (Wildman–Crippen MR) is 128 cm³/mol.